The number of anilines is 2. The molecule has 1 unspecified atom stereocenters. The normalized spacial score (nSPS) is 23.6. The van der Waals surface area contributed by atoms with Crippen molar-refractivity contribution in [3.8, 4) is 0 Å². The number of aromatic nitrogens is 2. The number of aryl methyl sites for hydroxylation is 1. The van der Waals surface area contributed by atoms with Gasteiger partial charge in [-0.15, -0.1) is 0 Å². The van der Waals surface area contributed by atoms with Crippen molar-refractivity contribution in [3.63, 3.8) is 0 Å². The van der Waals surface area contributed by atoms with Crippen LogP contribution in [0.15, 0.2) is 6.07 Å². The Bertz CT molecular complexity index is 462. The molecule has 20 heavy (non-hydrogen) atoms. The summed E-state index contributed by atoms with van der Waals surface area (Å²) in [4.78, 5) is 14.1. The number of hydrogen-bond donors (Lipinski definition) is 1. The van der Waals surface area contributed by atoms with Crippen LogP contribution < -0.4 is 10.6 Å². The highest BCUT2D eigenvalue weighted by atomic mass is 15.3. The monoisotopic (exact) mass is 275 g/mol. The number of nitrogens with two attached hydrogens (primary N) is 1. The molecule has 0 aromatic carbocycles. The molecule has 1 aromatic heterocycles. The molecule has 0 amide bonds. The van der Waals surface area contributed by atoms with Gasteiger partial charge in [-0.1, -0.05) is 13.3 Å². The summed E-state index contributed by atoms with van der Waals surface area (Å²) in [7, 11) is 0. The van der Waals surface area contributed by atoms with E-state index < -0.39 is 0 Å². The van der Waals surface area contributed by atoms with Crippen LogP contribution in [-0.2, 0) is 6.42 Å². The predicted molar refractivity (Wildman–Crippen MR) is 81.9 cm³/mol. The minimum absolute atomic E-state index is 0.601. The van der Waals surface area contributed by atoms with E-state index in [1.807, 2.05) is 6.07 Å². The lowest BCUT2D eigenvalue weighted by molar-refractivity contribution is 0.133. The van der Waals surface area contributed by atoms with Gasteiger partial charge in [-0.05, 0) is 25.8 Å². The summed E-state index contributed by atoms with van der Waals surface area (Å²) >= 11 is 0. The molecule has 1 aromatic rings. The summed E-state index contributed by atoms with van der Waals surface area (Å²) in [5.74, 6) is 2.50. The highest BCUT2D eigenvalue weighted by molar-refractivity contribution is 5.47. The smallest absolute Gasteiger partial charge is 0.134 e. The van der Waals surface area contributed by atoms with Crippen LogP contribution in [-0.4, -0.2) is 47.1 Å². The van der Waals surface area contributed by atoms with E-state index in [1.165, 1.54) is 25.8 Å². The molecule has 3 rings (SSSR count). The minimum Gasteiger partial charge on any atom is -0.384 e. The number of rotatable bonds is 3. The second-order valence-electron chi connectivity index (χ2n) is 5.95. The molecule has 110 valence electrons. The van der Waals surface area contributed by atoms with Crippen molar-refractivity contribution in [2.24, 2.45) is 0 Å². The Morgan fingerprint density at radius 3 is 3.00 bits per heavy atom. The third-order valence-electron chi connectivity index (χ3n) is 4.41. The van der Waals surface area contributed by atoms with Crippen molar-refractivity contribution in [1.82, 2.24) is 14.9 Å². The second-order valence-corrected chi connectivity index (χ2v) is 5.95. The van der Waals surface area contributed by atoms with Crippen molar-refractivity contribution in [3.05, 3.63) is 11.9 Å². The first-order valence-corrected chi connectivity index (χ1v) is 7.88. The first-order chi connectivity index (χ1) is 9.76. The van der Waals surface area contributed by atoms with Gasteiger partial charge in [0.2, 0.25) is 0 Å². The fourth-order valence-corrected chi connectivity index (χ4v) is 3.36. The maximum atomic E-state index is 5.94. The first kappa shape index (κ1) is 13.6. The van der Waals surface area contributed by atoms with Crippen LogP contribution in [0.3, 0.4) is 0 Å². The highest BCUT2D eigenvalue weighted by Gasteiger charge is 2.29. The van der Waals surface area contributed by atoms with Crippen LogP contribution in [0.1, 0.15) is 38.4 Å². The molecule has 2 fully saturated rings. The van der Waals surface area contributed by atoms with Crippen molar-refractivity contribution in [2.45, 2.75) is 45.1 Å². The third kappa shape index (κ3) is 2.87. The Balaban J connectivity index is 1.75. The Morgan fingerprint density at radius 2 is 2.15 bits per heavy atom. The molecule has 2 aliphatic heterocycles. The molecule has 2 aliphatic rings. The van der Waals surface area contributed by atoms with E-state index in [0.29, 0.717) is 11.9 Å². The van der Waals surface area contributed by atoms with Crippen LogP contribution in [0.25, 0.3) is 0 Å². The highest BCUT2D eigenvalue weighted by Crippen LogP contribution is 2.24. The van der Waals surface area contributed by atoms with E-state index in [0.717, 1.165) is 44.1 Å². The van der Waals surface area contributed by atoms with Gasteiger partial charge in [-0.25, -0.2) is 9.97 Å². The van der Waals surface area contributed by atoms with Gasteiger partial charge in [-0.2, -0.15) is 0 Å². The summed E-state index contributed by atoms with van der Waals surface area (Å²) in [6.07, 6.45) is 6.00. The Morgan fingerprint density at radius 1 is 1.25 bits per heavy atom. The molecule has 3 heterocycles. The summed E-state index contributed by atoms with van der Waals surface area (Å²) < 4.78 is 0. The minimum atomic E-state index is 0.601. The van der Waals surface area contributed by atoms with Crippen LogP contribution in [0, 0.1) is 0 Å². The maximum Gasteiger partial charge on any atom is 0.134 e. The molecule has 0 bridgehead atoms. The van der Waals surface area contributed by atoms with Crippen molar-refractivity contribution in [1.29, 1.82) is 0 Å². The van der Waals surface area contributed by atoms with E-state index >= 15 is 0 Å². The standard InChI is InChI=1S/C15H25N5/c1-2-5-14-17-13(16)10-15(18-14)20-9-8-19-7-4-3-6-12(19)11-20/h10,12H,2-9,11H2,1H3,(H2,16,17,18). The Kier molecular flexibility index (Phi) is 4.05. The molecule has 2 N–H and O–H groups in total. The summed E-state index contributed by atoms with van der Waals surface area (Å²) in [6, 6.07) is 2.63. The van der Waals surface area contributed by atoms with Gasteiger partial charge in [0.15, 0.2) is 0 Å². The van der Waals surface area contributed by atoms with Crippen LogP contribution in [0.5, 0.6) is 0 Å². The van der Waals surface area contributed by atoms with E-state index in [4.69, 9.17) is 10.7 Å². The van der Waals surface area contributed by atoms with Crippen molar-refractivity contribution < 1.29 is 0 Å². The van der Waals surface area contributed by atoms with Crippen LogP contribution in [0.2, 0.25) is 0 Å². The lowest BCUT2D eigenvalue weighted by Gasteiger charge is -2.44. The number of nitrogen functional groups attached to an aromatic ring is 1. The van der Waals surface area contributed by atoms with Crippen molar-refractivity contribution in [2.75, 3.05) is 36.8 Å². The van der Waals surface area contributed by atoms with Gasteiger partial charge in [-0.3, -0.25) is 4.90 Å². The SMILES string of the molecule is CCCc1nc(N)cc(N2CCN3CCCCC3C2)n1. The van der Waals surface area contributed by atoms with Crippen LogP contribution in [0.4, 0.5) is 11.6 Å². The van der Waals surface area contributed by atoms with Gasteiger partial charge in [0, 0.05) is 38.2 Å². The van der Waals surface area contributed by atoms with E-state index in [-0.39, 0.29) is 0 Å². The van der Waals surface area contributed by atoms with Gasteiger partial charge >= 0.3 is 0 Å². The average Bonchev–Trinajstić information content (AvgIpc) is 2.46. The third-order valence-corrected chi connectivity index (χ3v) is 4.41. The molecule has 5 heteroatoms. The van der Waals surface area contributed by atoms with Gasteiger partial charge in [0.05, 0.1) is 0 Å². The van der Waals surface area contributed by atoms with E-state index in [1.54, 1.807) is 0 Å². The van der Waals surface area contributed by atoms with Crippen LogP contribution >= 0.6 is 0 Å². The van der Waals surface area contributed by atoms with Gasteiger partial charge < -0.3 is 10.6 Å². The Labute approximate surface area is 121 Å². The zero-order valence-corrected chi connectivity index (χ0v) is 12.4. The summed E-state index contributed by atoms with van der Waals surface area (Å²) in [6.45, 7) is 6.71. The second kappa shape index (κ2) is 5.95. The van der Waals surface area contributed by atoms with E-state index in [2.05, 4.69) is 21.7 Å². The molecular formula is C15H25N5. The summed E-state index contributed by atoms with van der Waals surface area (Å²) in [5, 5.41) is 0. The molecule has 0 spiro atoms. The molecule has 0 radical (unpaired) electrons. The first-order valence-electron chi connectivity index (χ1n) is 7.88. The molecule has 2 saturated heterocycles. The number of fused-ring (bicyclic) bond motifs is 1. The lowest BCUT2D eigenvalue weighted by atomic mass is 9.99. The largest absolute Gasteiger partial charge is 0.384 e. The number of hydrogen-bond acceptors (Lipinski definition) is 5. The molecule has 0 aliphatic carbocycles. The lowest BCUT2D eigenvalue weighted by Crippen LogP contribution is -2.55. The predicted octanol–water partition coefficient (Wildman–Crippen LogP) is 1.69. The molecule has 1 atom stereocenters. The van der Waals surface area contributed by atoms with Crippen molar-refractivity contribution >= 4 is 11.6 Å². The molecule has 5 nitrogen and oxygen atoms in total. The average molecular weight is 275 g/mol. The molecular weight excluding hydrogens is 250 g/mol. The zero-order valence-electron chi connectivity index (χ0n) is 12.4. The van der Waals surface area contributed by atoms with Gasteiger partial charge in [0.1, 0.15) is 17.5 Å². The van der Waals surface area contributed by atoms with E-state index in [9.17, 15) is 0 Å². The fourth-order valence-electron chi connectivity index (χ4n) is 3.36. The summed E-state index contributed by atoms with van der Waals surface area (Å²) in [5.41, 5.74) is 5.94. The molecule has 0 saturated carbocycles. The van der Waals surface area contributed by atoms with Gasteiger partial charge in [0.25, 0.3) is 0 Å². The number of piperidine rings is 1. The quantitative estimate of drug-likeness (QED) is 0.909. The fraction of sp³-hybridized carbons (Fsp3) is 0.733. The zero-order chi connectivity index (χ0) is 13.9. The number of nitrogens with zero attached hydrogens (tertiary/aromatic N) is 4. The topological polar surface area (TPSA) is 58.3 Å². The maximum absolute atomic E-state index is 5.94. The Hall–Kier alpha value is -1.36. The number of piperazine rings is 1.